The first-order valence-electron chi connectivity index (χ1n) is 34.0. The van der Waals surface area contributed by atoms with Crippen LogP contribution in [-0.4, -0.2) is 37.2 Å². The van der Waals surface area contributed by atoms with Crippen LogP contribution in [0.15, 0.2) is 158 Å². The van der Waals surface area contributed by atoms with Crippen molar-refractivity contribution in [2.45, 2.75) is 297 Å². The zero-order chi connectivity index (χ0) is 59.9. The molecule has 0 aliphatic carbocycles. The number of rotatable bonds is 60. The Balaban J connectivity index is 4.52. The molecule has 1 unspecified atom stereocenters. The van der Waals surface area contributed by atoms with Gasteiger partial charge in [-0.3, -0.25) is 14.4 Å². The van der Waals surface area contributed by atoms with E-state index < -0.39 is 6.10 Å². The van der Waals surface area contributed by atoms with Crippen LogP contribution in [0, 0.1) is 0 Å². The highest BCUT2D eigenvalue weighted by atomic mass is 16.6. The Morgan fingerprint density at radius 3 is 0.807 bits per heavy atom. The largest absolute Gasteiger partial charge is 0.462 e. The van der Waals surface area contributed by atoms with Gasteiger partial charge in [0.2, 0.25) is 0 Å². The monoisotopic (exact) mass is 1140 g/mol. The highest BCUT2D eigenvalue weighted by molar-refractivity contribution is 5.71. The average molecular weight is 1150 g/mol. The molecule has 0 aromatic heterocycles. The number of carbonyl (C=O) groups is 3. The van der Waals surface area contributed by atoms with E-state index in [2.05, 4.69) is 173 Å². The summed E-state index contributed by atoms with van der Waals surface area (Å²) in [6.45, 7) is 6.34. The Hall–Kier alpha value is -4.97. The van der Waals surface area contributed by atoms with Crippen molar-refractivity contribution in [2.75, 3.05) is 13.2 Å². The van der Waals surface area contributed by atoms with E-state index in [0.29, 0.717) is 19.3 Å². The fourth-order valence-corrected chi connectivity index (χ4v) is 9.00. The van der Waals surface area contributed by atoms with Crippen molar-refractivity contribution < 1.29 is 28.6 Å². The zero-order valence-electron chi connectivity index (χ0n) is 53.7. The van der Waals surface area contributed by atoms with Gasteiger partial charge in [-0.2, -0.15) is 0 Å². The summed E-state index contributed by atoms with van der Waals surface area (Å²) in [5.74, 6) is -1.01. The van der Waals surface area contributed by atoms with Crippen LogP contribution in [-0.2, 0) is 28.6 Å². The van der Waals surface area contributed by atoms with Crippen molar-refractivity contribution in [2.24, 2.45) is 0 Å². The molecular weight excluding hydrogens is 1020 g/mol. The number of hydrogen-bond acceptors (Lipinski definition) is 6. The van der Waals surface area contributed by atoms with Gasteiger partial charge >= 0.3 is 17.9 Å². The molecule has 1 atom stereocenters. The second kappa shape index (κ2) is 69.5. The predicted octanol–water partition coefficient (Wildman–Crippen LogP) is 23.7. The smallest absolute Gasteiger partial charge is 0.306 e. The van der Waals surface area contributed by atoms with Gasteiger partial charge in [0.15, 0.2) is 6.10 Å². The van der Waals surface area contributed by atoms with Gasteiger partial charge in [-0.25, -0.2) is 0 Å². The molecule has 0 rings (SSSR count). The van der Waals surface area contributed by atoms with Crippen LogP contribution in [0.1, 0.15) is 290 Å². The number of unbranched alkanes of at least 4 members (excludes halogenated alkanes) is 23. The lowest BCUT2D eigenvalue weighted by Gasteiger charge is -2.18. The molecule has 0 saturated heterocycles. The second-order valence-electron chi connectivity index (χ2n) is 22.0. The summed E-state index contributed by atoms with van der Waals surface area (Å²) in [6, 6.07) is 0. The molecule has 0 aromatic carbocycles. The van der Waals surface area contributed by atoms with E-state index in [9.17, 15) is 14.4 Å². The zero-order valence-corrected chi connectivity index (χ0v) is 53.7. The number of hydrogen-bond donors (Lipinski definition) is 0. The normalized spacial score (nSPS) is 13.1. The van der Waals surface area contributed by atoms with E-state index in [1.807, 2.05) is 6.08 Å². The Bertz CT molecular complexity index is 1840. The van der Waals surface area contributed by atoms with E-state index >= 15 is 0 Å². The van der Waals surface area contributed by atoms with Gasteiger partial charge in [0.1, 0.15) is 13.2 Å². The molecular formula is C77H124O6. The Morgan fingerprint density at radius 1 is 0.253 bits per heavy atom. The van der Waals surface area contributed by atoms with Gasteiger partial charge in [0, 0.05) is 19.3 Å². The molecule has 0 spiro atoms. The van der Waals surface area contributed by atoms with Crippen LogP contribution in [0.25, 0.3) is 0 Å². The molecule has 0 aliphatic heterocycles. The van der Waals surface area contributed by atoms with Gasteiger partial charge in [-0.15, -0.1) is 0 Å². The molecule has 468 valence electrons. The molecule has 0 saturated carbocycles. The maximum atomic E-state index is 13.0. The molecule has 0 aliphatic rings. The van der Waals surface area contributed by atoms with Crippen LogP contribution >= 0.6 is 0 Å². The van der Waals surface area contributed by atoms with Crippen LogP contribution in [0.3, 0.4) is 0 Å². The molecule has 0 N–H and O–H groups in total. The van der Waals surface area contributed by atoms with Crippen molar-refractivity contribution in [3.63, 3.8) is 0 Å². The van der Waals surface area contributed by atoms with Crippen molar-refractivity contribution in [1.29, 1.82) is 0 Å². The van der Waals surface area contributed by atoms with Crippen molar-refractivity contribution >= 4 is 17.9 Å². The molecule has 6 nitrogen and oxygen atoms in total. The number of ether oxygens (including phenoxy) is 3. The highest BCUT2D eigenvalue weighted by Gasteiger charge is 2.19. The fraction of sp³-hybridized carbons (Fsp3) is 0.623. The van der Waals surface area contributed by atoms with E-state index in [4.69, 9.17) is 14.2 Å². The molecule has 0 aromatic rings. The van der Waals surface area contributed by atoms with Gasteiger partial charge in [-0.1, -0.05) is 294 Å². The minimum absolute atomic E-state index is 0.114. The molecule has 0 radical (unpaired) electrons. The summed E-state index contributed by atoms with van der Waals surface area (Å²) in [7, 11) is 0. The maximum absolute atomic E-state index is 13.0. The first kappa shape index (κ1) is 78.0. The number of carbonyl (C=O) groups excluding carboxylic acids is 3. The molecule has 0 bridgehead atoms. The highest BCUT2D eigenvalue weighted by Crippen LogP contribution is 2.15. The van der Waals surface area contributed by atoms with Crippen LogP contribution < -0.4 is 0 Å². The topological polar surface area (TPSA) is 78.9 Å². The first-order chi connectivity index (χ1) is 41.0. The van der Waals surface area contributed by atoms with Gasteiger partial charge in [-0.05, 0) is 135 Å². The first-order valence-corrected chi connectivity index (χ1v) is 34.0. The SMILES string of the molecule is CC/C=C\C/C=C\C/C=C\C/C=C\C/C=C\C/C=C\CCC(=O)OCC(COC(=O)CCCCCCCCC/C=C\C/C=C\C/C=C\C/C=C\C/C=C\CC)OC(=O)CCCCCCCCCCCCC/C=C\C/C=C\CCCCCCC. The van der Waals surface area contributed by atoms with E-state index in [0.717, 1.165) is 122 Å². The minimum Gasteiger partial charge on any atom is -0.462 e. The van der Waals surface area contributed by atoms with Crippen molar-refractivity contribution in [3.05, 3.63) is 158 Å². The lowest BCUT2D eigenvalue weighted by Crippen LogP contribution is -2.30. The third-order valence-electron chi connectivity index (χ3n) is 14.0. The quantitative estimate of drug-likeness (QED) is 0.0261. The summed E-state index contributed by atoms with van der Waals surface area (Å²) in [5, 5.41) is 0. The van der Waals surface area contributed by atoms with Crippen molar-refractivity contribution in [1.82, 2.24) is 0 Å². The Kier molecular flexibility index (Phi) is 65.4. The number of esters is 3. The molecule has 6 heteroatoms. The minimum atomic E-state index is -0.825. The Labute approximate surface area is 511 Å². The maximum Gasteiger partial charge on any atom is 0.306 e. The third kappa shape index (κ3) is 67.7. The van der Waals surface area contributed by atoms with E-state index in [-0.39, 0.29) is 37.5 Å². The predicted molar refractivity (Wildman–Crippen MR) is 362 cm³/mol. The van der Waals surface area contributed by atoms with Gasteiger partial charge < -0.3 is 14.2 Å². The van der Waals surface area contributed by atoms with Gasteiger partial charge in [0.05, 0.1) is 0 Å². The summed E-state index contributed by atoms with van der Waals surface area (Å²) < 4.78 is 16.9. The van der Waals surface area contributed by atoms with E-state index in [1.165, 1.54) is 122 Å². The van der Waals surface area contributed by atoms with Crippen LogP contribution in [0.4, 0.5) is 0 Å². The summed E-state index contributed by atoms with van der Waals surface area (Å²) in [4.78, 5) is 38.4. The van der Waals surface area contributed by atoms with E-state index in [1.54, 1.807) is 0 Å². The standard InChI is InChI=1S/C77H124O6/c1-4-7-10-13-16-19-22-25-28-31-34-36-38-40-43-46-49-52-55-58-61-64-67-70-76(79)82-73-74(72-81-75(78)69-66-63-60-57-54-51-48-45-42-33-30-27-24-21-18-15-12-9-6-3)83-77(80)71-68-65-62-59-56-53-50-47-44-41-39-37-35-32-29-26-23-20-17-14-11-8-5-2/h7,9-10,12,16,18-19,21,23,25-28,30,32,34-36,40,42-43,45,51,54,60,63,74H,4-6,8,11,13-15,17,20,22,24,29,31,33,37-39,41,44,46-50,52-53,55-59,61-62,64-73H2,1-3H3/b10-7-,12-9-,19-16-,21-18-,26-23-,28-25-,30-27-,35-32-,36-34-,43-40-,45-42-,54-51-,63-60-. The molecule has 83 heavy (non-hydrogen) atoms. The van der Waals surface area contributed by atoms with Crippen LogP contribution in [0.2, 0.25) is 0 Å². The van der Waals surface area contributed by atoms with Crippen LogP contribution in [0.5, 0.6) is 0 Å². The summed E-state index contributed by atoms with van der Waals surface area (Å²) >= 11 is 0. The fourth-order valence-electron chi connectivity index (χ4n) is 9.00. The summed E-state index contributed by atoms with van der Waals surface area (Å²) in [6.07, 6.45) is 101. The summed E-state index contributed by atoms with van der Waals surface area (Å²) in [5.41, 5.74) is 0. The molecule has 0 heterocycles. The lowest BCUT2D eigenvalue weighted by atomic mass is 10.0. The van der Waals surface area contributed by atoms with Gasteiger partial charge in [0.25, 0.3) is 0 Å². The number of allylic oxidation sites excluding steroid dienone is 26. The lowest BCUT2D eigenvalue weighted by molar-refractivity contribution is -0.166. The molecule has 0 amide bonds. The average Bonchev–Trinajstić information content (AvgIpc) is 3.49. The Morgan fingerprint density at radius 2 is 0.494 bits per heavy atom. The van der Waals surface area contributed by atoms with Crippen molar-refractivity contribution in [3.8, 4) is 0 Å². The third-order valence-corrected chi connectivity index (χ3v) is 14.0. The second-order valence-corrected chi connectivity index (χ2v) is 22.0. The molecule has 0 fully saturated rings.